The van der Waals surface area contributed by atoms with Gasteiger partial charge in [-0.15, -0.1) is 0 Å². The molecule has 0 atom stereocenters. The standard InChI is InChI=1S/C16H13S/c1-12-11-16(13-7-3-2-4-8-13)17-15-10-6-5-9-14(12)15/h2-11H,1H3/q+1. The van der Waals surface area contributed by atoms with E-state index in [1.165, 1.54) is 26.1 Å². The summed E-state index contributed by atoms with van der Waals surface area (Å²) in [5.74, 6) is 0. The highest BCUT2D eigenvalue weighted by molar-refractivity contribution is 7.21. The summed E-state index contributed by atoms with van der Waals surface area (Å²) in [5, 5.41) is 1.36. The fourth-order valence-corrected chi connectivity index (χ4v) is 3.26. The molecular weight excluding hydrogens is 224 g/mol. The van der Waals surface area contributed by atoms with Crippen molar-refractivity contribution in [3.63, 3.8) is 0 Å². The lowest BCUT2D eigenvalue weighted by atomic mass is 10.1. The van der Waals surface area contributed by atoms with Gasteiger partial charge in [0.2, 0.25) is 20.9 Å². The Morgan fingerprint density at radius 3 is 2.35 bits per heavy atom. The molecule has 0 saturated carbocycles. The zero-order valence-corrected chi connectivity index (χ0v) is 10.5. The van der Waals surface area contributed by atoms with E-state index in [0.717, 1.165) is 0 Å². The van der Waals surface area contributed by atoms with Crippen LogP contribution in [0.5, 0.6) is 0 Å². The van der Waals surface area contributed by atoms with Gasteiger partial charge in [-0.2, -0.15) is 0 Å². The molecule has 82 valence electrons. The van der Waals surface area contributed by atoms with Crippen molar-refractivity contribution < 1.29 is 0 Å². The van der Waals surface area contributed by atoms with Crippen molar-refractivity contribution >= 4 is 21.4 Å². The quantitative estimate of drug-likeness (QED) is 0.513. The van der Waals surface area contributed by atoms with Crippen LogP contribution in [0.25, 0.3) is 20.5 Å². The van der Waals surface area contributed by atoms with Crippen molar-refractivity contribution in [1.82, 2.24) is 0 Å². The summed E-state index contributed by atoms with van der Waals surface area (Å²) in [6.45, 7) is 2.18. The monoisotopic (exact) mass is 237 g/mol. The van der Waals surface area contributed by atoms with Crippen LogP contribution in [-0.2, 0) is 0 Å². The number of hydrogen-bond donors (Lipinski definition) is 0. The molecule has 1 heteroatoms. The largest absolute Gasteiger partial charge is 0.239 e. The predicted octanol–water partition coefficient (Wildman–Crippen LogP) is 5.16. The smallest absolute Gasteiger partial charge is 0.0622 e. The lowest BCUT2D eigenvalue weighted by molar-refractivity contribution is 1.55. The van der Waals surface area contributed by atoms with Crippen LogP contribution in [0.4, 0.5) is 0 Å². The molecule has 0 bridgehead atoms. The van der Waals surface area contributed by atoms with Crippen molar-refractivity contribution in [3.8, 4) is 10.4 Å². The molecule has 0 radical (unpaired) electrons. The van der Waals surface area contributed by atoms with E-state index in [1.807, 2.05) is 11.3 Å². The molecule has 0 unspecified atom stereocenters. The number of rotatable bonds is 1. The number of aryl methyl sites for hydroxylation is 1. The van der Waals surface area contributed by atoms with E-state index in [4.69, 9.17) is 0 Å². The maximum atomic E-state index is 2.28. The third-order valence-electron chi connectivity index (χ3n) is 2.94. The Morgan fingerprint density at radius 1 is 0.824 bits per heavy atom. The first-order valence-corrected chi connectivity index (χ1v) is 6.54. The minimum atomic E-state index is 1.30. The van der Waals surface area contributed by atoms with E-state index in [-0.39, 0.29) is 0 Å². The highest BCUT2D eigenvalue weighted by atomic mass is 32.1. The normalized spacial score (nSPS) is 10.6. The lowest BCUT2D eigenvalue weighted by Gasteiger charge is -1.97. The van der Waals surface area contributed by atoms with Crippen molar-refractivity contribution in [2.45, 2.75) is 6.92 Å². The summed E-state index contributed by atoms with van der Waals surface area (Å²) < 4.78 is 1.35. The maximum absolute atomic E-state index is 2.28. The fourth-order valence-electron chi connectivity index (χ4n) is 2.05. The van der Waals surface area contributed by atoms with Gasteiger partial charge in [0.1, 0.15) is 0 Å². The van der Waals surface area contributed by atoms with Crippen LogP contribution >= 0.6 is 11.3 Å². The molecule has 0 aliphatic carbocycles. The fraction of sp³-hybridized carbons (Fsp3) is 0.0625. The van der Waals surface area contributed by atoms with Gasteiger partial charge in [0.25, 0.3) is 0 Å². The van der Waals surface area contributed by atoms with Crippen molar-refractivity contribution in [2.75, 3.05) is 0 Å². The van der Waals surface area contributed by atoms with Crippen molar-refractivity contribution in [1.29, 1.82) is 0 Å². The molecule has 0 aliphatic heterocycles. The maximum Gasteiger partial charge on any atom is 0.239 e. The van der Waals surface area contributed by atoms with E-state index in [2.05, 4.69) is 67.6 Å². The molecule has 1 aromatic heterocycles. The van der Waals surface area contributed by atoms with Crippen LogP contribution in [0.1, 0.15) is 5.56 Å². The Labute approximate surface area is 105 Å². The molecule has 0 fully saturated rings. The third kappa shape index (κ3) is 1.94. The van der Waals surface area contributed by atoms with Crippen molar-refractivity contribution in [2.24, 2.45) is 0 Å². The second kappa shape index (κ2) is 4.27. The van der Waals surface area contributed by atoms with Crippen LogP contribution in [0, 0.1) is 6.92 Å². The summed E-state index contributed by atoms with van der Waals surface area (Å²) in [5.41, 5.74) is 2.64. The third-order valence-corrected chi connectivity index (χ3v) is 4.09. The minimum absolute atomic E-state index is 1.30. The van der Waals surface area contributed by atoms with Gasteiger partial charge in [0, 0.05) is 23.1 Å². The van der Waals surface area contributed by atoms with E-state index >= 15 is 0 Å². The number of hydrogen-bond acceptors (Lipinski definition) is 0. The van der Waals surface area contributed by atoms with Crippen LogP contribution in [-0.4, -0.2) is 0 Å². The summed E-state index contributed by atoms with van der Waals surface area (Å²) in [4.78, 5) is 1.34. The summed E-state index contributed by atoms with van der Waals surface area (Å²) in [7, 11) is 0. The van der Waals surface area contributed by atoms with Gasteiger partial charge in [0.05, 0.1) is 0 Å². The van der Waals surface area contributed by atoms with Crippen LogP contribution in [0.2, 0.25) is 0 Å². The van der Waals surface area contributed by atoms with Gasteiger partial charge in [-0.1, -0.05) is 30.3 Å². The highest BCUT2D eigenvalue weighted by Gasteiger charge is 2.14. The Kier molecular flexibility index (Phi) is 2.62. The van der Waals surface area contributed by atoms with E-state index in [1.54, 1.807) is 0 Å². The summed E-state index contributed by atoms with van der Waals surface area (Å²) >= 11 is 1.85. The SMILES string of the molecule is Cc1cc(-c2ccccc2)[s+]c2ccccc12. The van der Waals surface area contributed by atoms with Gasteiger partial charge < -0.3 is 0 Å². The van der Waals surface area contributed by atoms with E-state index < -0.39 is 0 Å². The molecule has 0 amide bonds. The second-order valence-corrected chi connectivity index (χ2v) is 5.24. The molecular formula is C16H13S+. The summed E-state index contributed by atoms with van der Waals surface area (Å²) in [6, 6.07) is 21.4. The topological polar surface area (TPSA) is 0 Å². The van der Waals surface area contributed by atoms with Gasteiger partial charge in [0.15, 0.2) is 0 Å². The summed E-state index contributed by atoms with van der Waals surface area (Å²) in [6.07, 6.45) is 0. The Morgan fingerprint density at radius 2 is 1.53 bits per heavy atom. The molecule has 0 spiro atoms. The Hall–Kier alpha value is -1.73. The van der Waals surface area contributed by atoms with Crippen LogP contribution in [0.3, 0.4) is 0 Å². The first-order chi connectivity index (χ1) is 8.34. The van der Waals surface area contributed by atoms with Crippen LogP contribution in [0.15, 0.2) is 60.7 Å². The zero-order valence-electron chi connectivity index (χ0n) is 9.68. The molecule has 3 aromatic rings. The number of benzene rings is 2. The highest BCUT2D eigenvalue weighted by Crippen LogP contribution is 2.32. The van der Waals surface area contributed by atoms with Gasteiger partial charge in [-0.25, -0.2) is 0 Å². The molecule has 0 nitrogen and oxygen atoms in total. The molecule has 17 heavy (non-hydrogen) atoms. The minimum Gasteiger partial charge on any atom is -0.0622 e. The van der Waals surface area contributed by atoms with E-state index in [9.17, 15) is 0 Å². The average Bonchev–Trinajstić information content (AvgIpc) is 2.40. The second-order valence-electron chi connectivity index (χ2n) is 4.16. The molecule has 2 aromatic carbocycles. The van der Waals surface area contributed by atoms with E-state index in [0.29, 0.717) is 0 Å². The Balaban J connectivity index is 2.26. The average molecular weight is 237 g/mol. The van der Waals surface area contributed by atoms with Crippen LogP contribution < -0.4 is 0 Å². The molecule has 3 rings (SSSR count). The zero-order chi connectivity index (χ0) is 11.7. The molecule has 0 saturated heterocycles. The Bertz CT molecular complexity index is 657. The van der Waals surface area contributed by atoms with Gasteiger partial charge in [-0.3, -0.25) is 0 Å². The predicted molar refractivity (Wildman–Crippen MR) is 76.4 cm³/mol. The van der Waals surface area contributed by atoms with Crippen molar-refractivity contribution in [3.05, 3.63) is 66.2 Å². The molecule has 0 aliphatic rings. The lowest BCUT2D eigenvalue weighted by Crippen LogP contribution is -1.79. The van der Waals surface area contributed by atoms with Gasteiger partial charge >= 0.3 is 0 Å². The molecule has 0 N–H and O–H groups in total. The first kappa shape index (κ1) is 10.4. The molecule has 1 heterocycles. The number of fused-ring (bicyclic) bond motifs is 1. The van der Waals surface area contributed by atoms with Gasteiger partial charge in [-0.05, 0) is 30.7 Å². The first-order valence-electron chi connectivity index (χ1n) is 5.72.